The summed E-state index contributed by atoms with van der Waals surface area (Å²) in [5.74, 6) is -1.11. The van der Waals surface area contributed by atoms with Crippen LogP contribution in [0.3, 0.4) is 0 Å². The van der Waals surface area contributed by atoms with Gasteiger partial charge in [0.25, 0.3) is 0 Å². The fourth-order valence-corrected chi connectivity index (χ4v) is 5.26. The standard InChI is InChI=1S/C14H24N2O4S/c15-14(18)11-6-3-7-12(11)16-13(17)8-9-21(19,20)10-4-1-2-5-10/h10-12H,1-9H2,(H2,15,18)(H,16,17)/t11-,12+/m0/s1. The average Bonchev–Trinajstić information content (AvgIpc) is 3.07. The van der Waals surface area contributed by atoms with Gasteiger partial charge in [-0.05, 0) is 25.7 Å². The third-order valence-electron chi connectivity index (χ3n) is 4.65. The number of hydrogen-bond donors (Lipinski definition) is 2. The predicted octanol–water partition coefficient (Wildman–Crippen LogP) is 0.504. The van der Waals surface area contributed by atoms with Gasteiger partial charge in [0.15, 0.2) is 9.84 Å². The van der Waals surface area contributed by atoms with Gasteiger partial charge < -0.3 is 11.1 Å². The Kier molecular flexibility index (Phi) is 5.24. The summed E-state index contributed by atoms with van der Waals surface area (Å²) in [5, 5.41) is 2.50. The summed E-state index contributed by atoms with van der Waals surface area (Å²) in [6.07, 6.45) is 5.61. The van der Waals surface area contributed by atoms with Crippen LogP contribution in [-0.2, 0) is 19.4 Å². The molecule has 0 heterocycles. The maximum absolute atomic E-state index is 12.1. The molecule has 0 aromatic heterocycles. The van der Waals surface area contributed by atoms with Crippen LogP contribution in [0.25, 0.3) is 0 Å². The average molecular weight is 316 g/mol. The normalized spacial score (nSPS) is 26.9. The highest BCUT2D eigenvalue weighted by Crippen LogP contribution is 2.26. The van der Waals surface area contributed by atoms with Crippen molar-refractivity contribution >= 4 is 21.7 Å². The van der Waals surface area contributed by atoms with Crippen molar-refractivity contribution in [3.05, 3.63) is 0 Å². The molecule has 6 nitrogen and oxygen atoms in total. The summed E-state index contributed by atoms with van der Waals surface area (Å²) in [5.41, 5.74) is 5.30. The first-order valence-corrected chi connectivity index (χ1v) is 9.42. The molecule has 0 aromatic carbocycles. The molecular weight excluding hydrogens is 292 g/mol. The molecule has 0 spiro atoms. The van der Waals surface area contributed by atoms with E-state index in [1.54, 1.807) is 0 Å². The lowest BCUT2D eigenvalue weighted by Crippen LogP contribution is -2.42. The largest absolute Gasteiger partial charge is 0.369 e. The van der Waals surface area contributed by atoms with Gasteiger partial charge in [0, 0.05) is 12.5 Å². The Morgan fingerprint density at radius 1 is 1.05 bits per heavy atom. The van der Waals surface area contributed by atoms with E-state index in [4.69, 9.17) is 5.73 Å². The quantitative estimate of drug-likeness (QED) is 0.744. The Hall–Kier alpha value is -1.11. The maximum atomic E-state index is 12.1. The topological polar surface area (TPSA) is 106 Å². The zero-order chi connectivity index (χ0) is 15.5. The van der Waals surface area contributed by atoms with Crippen molar-refractivity contribution in [2.24, 2.45) is 11.7 Å². The van der Waals surface area contributed by atoms with Gasteiger partial charge in [-0.15, -0.1) is 0 Å². The minimum atomic E-state index is -3.17. The molecule has 3 N–H and O–H groups in total. The Bertz CT molecular complexity index is 497. The van der Waals surface area contributed by atoms with Crippen LogP contribution in [0, 0.1) is 5.92 Å². The van der Waals surface area contributed by atoms with E-state index in [0.717, 1.165) is 38.5 Å². The zero-order valence-corrected chi connectivity index (χ0v) is 13.0. The first kappa shape index (κ1) is 16.3. The van der Waals surface area contributed by atoms with Gasteiger partial charge in [0.1, 0.15) is 0 Å². The molecule has 2 saturated carbocycles. The van der Waals surface area contributed by atoms with Crippen molar-refractivity contribution in [3.63, 3.8) is 0 Å². The molecule has 2 fully saturated rings. The molecule has 0 radical (unpaired) electrons. The number of sulfone groups is 1. The molecule has 2 aliphatic rings. The van der Waals surface area contributed by atoms with Gasteiger partial charge >= 0.3 is 0 Å². The first-order valence-electron chi connectivity index (χ1n) is 7.70. The molecule has 0 aliphatic heterocycles. The number of carbonyl (C=O) groups excluding carboxylic acids is 2. The Labute approximate surface area is 125 Å². The second kappa shape index (κ2) is 6.77. The van der Waals surface area contributed by atoms with E-state index < -0.39 is 15.7 Å². The van der Waals surface area contributed by atoms with Crippen molar-refractivity contribution in [3.8, 4) is 0 Å². The van der Waals surface area contributed by atoms with E-state index in [2.05, 4.69) is 5.32 Å². The molecule has 2 rings (SSSR count). The highest BCUT2D eigenvalue weighted by Gasteiger charge is 2.33. The van der Waals surface area contributed by atoms with Crippen molar-refractivity contribution in [2.75, 3.05) is 5.75 Å². The molecular formula is C14H24N2O4S. The molecule has 0 unspecified atom stereocenters. The van der Waals surface area contributed by atoms with E-state index >= 15 is 0 Å². The number of amides is 2. The summed E-state index contributed by atoms with van der Waals surface area (Å²) in [4.78, 5) is 23.2. The third kappa shape index (κ3) is 4.18. The molecule has 120 valence electrons. The summed E-state index contributed by atoms with van der Waals surface area (Å²) in [6, 6.07) is -0.232. The lowest BCUT2D eigenvalue weighted by Gasteiger charge is -2.18. The SMILES string of the molecule is NC(=O)[C@H]1CCC[C@H]1NC(=O)CCS(=O)(=O)C1CCCC1. The molecule has 2 amide bonds. The van der Waals surface area contributed by atoms with Crippen LogP contribution in [0.2, 0.25) is 0 Å². The Morgan fingerprint density at radius 2 is 1.71 bits per heavy atom. The van der Waals surface area contributed by atoms with Crippen LogP contribution in [0.4, 0.5) is 0 Å². The van der Waals surface area contributed by atoms with Crippen LogP contribution in [0.15, 0.2) is 0 Å². The van der Waals surface area contributed by atoms with E-state index in [1.807, 2.05) is 0 Å². The number of rotatable bonds is 6. The van der Waals surface area contributed by atoms with Crippen molar-refractivity contribution in [1.82, 2.24) is 5.32 Å². The summed E-state index contributed by atoms with van der Waals surface area (Å²) < 4.78 is 24.2. The minimum Gasteiger partial charge on any atom is -0.369 e. The summed E-state index contributed by atoms with van der Waals surface area (Å²) >= 11 is 0. The number of carbonyl (C=O) groups is 2. The predicted molar refractivity (Wildman–Crippen MR) is 79.1 cm³/mol. The zero-order valence-electron chi connectivity index (χ0n) is 12.2. The van der Waals surface area contributed by atoms with E-state index in [1.165, 1.54) is 0 Å². The highest BCUT2D eigenvalue weighted by molar-refractivity contribution is 7.92. The van der Waals surface area contributed by atoms with Gasteiger partial charge in [0.2, 0.25) is 11.8 Å². The molecule has 2 aliphatic carbocycles. The van der Waals surface area contributed by atoms with E-state index in [-0.39, 0.29) is 35.3 Å². The number of nitrogens with one attached hydrogen (secondary N) is 1. The highest BCUT2D eigenvalue weighted by atomic mass is 32.2. The van der Waals surface area contributed by atoms with Crippen molar-refractivity contribution in [2.45, 2.75) is 62.7 Å². The lowest BCUT2D eigenvalue weighted by atomic mass is 10.0. The third-order valence-corrected chi connectivity index (χ3v) is 6.91. The van der Waals surface area contributed by atoms with Crippen LogP contribution in [0.5, 0.6) is 0 Å². The first-order chi connectivity index (χ1) is 9.90. The minimum absolute atomic E-state index is 0.0270. The lowest BCUT2D eigenvalue weighted by molar-refractivity contribution is -0.124. The second-order valence-corrected chi connectivity index (χ2v) is 8.54. The van der Waals surface area contributed by atoms with Gasteiger partial charge in [-0.2, -0.15) is 0 Å². The van der Waals surface area contributed by atoms with Gasteiger partial charge in [0.05, 0.1) is 16.9 Å². The molecule has 0 aromatic rings. The summed E-state index contributed by atoms with van der Waals surface area (Å²) in [7, 11) is -3.17. The smallest absolute Gasteiger partial charge is 0.222 e. The molecule has 21 heavy (non-hydrogen) atoms. The fraction of sp³-hybridized carbons (Fsp3) is 0.857. The van der Waals surface area contributed by atoms with Crippen LogP contribution in [-0.4, -0.2) is 37.3 Å². The van der Waals surface area contributed by atoms with Crippen LogP contribution in [0.1, 0.15) is 51.4 Å². The van der Waals surface area contributed by atoms with Gasteiger partial charge in [-0.1, -0.05) is 19.3 Å². The van der Waals surface area contributed by atoms with Gasteiger partial charge in [-0.25, -0.2) is 8.42 Å². The molecule has 2 atom stereocenters. The van der Waals surface area contributed by atoms with E-state index in [9.17, 15) is 18.0 Å². The second-order valence-electron chi connectivity index (χ2n) is 6.14. The van der Waals surface area contributed by atoms with Crippen molar-refractivity contribution in [1.29, 1.82) is 0 Å². The Morgan fingerprint density at radius 3 is 2.33 bits per heavy atom. The molecule has 0 saturated heterocycles. The monoisotopic (exact) mass is 316 g/mol. The van der Waals surface area contributed by atoms with Gasteiger partial charge in [-0.3, -0.25) is 9.59 Å². The number of primary amides is 1. The van der Waals surface area contributed by atoms with Crippen molar-refractivity contribution < 1.29 is 18.0 Å². The summed E-state index contributed by atoms with van der Waals surface area (Å²) in [6.45, 7) is 0. The molecule has 0 bridgehead atoms. The number of hydrogen-bond acceptors (Lipinski definition) is 4. The van der Waals surface area contributed by atoms with Crippen LogP contribution < -0.4 is 11.1 Å². The number of nitrogens with two attached hydrogens (primary N) is 1. The maximum Gasteiger partial charge on any atom is 0.222 e. The fourth-order valence-electron chi connectivity index (χ4n) is 3.40. The van der Waals surface area contributed by atoms with Crippen LogP contribution >= 0.6 is 0 Å². The van der Waals surface area contributed by atoms with E-state index in [0.29, 0.717) is 6.42 Å². The Balaban J connectivity index is 1.80. The molecule has 7 heteroatoms.